The summed E-state index contributed by atoms with van der Waals surface area (Å²) < 4.78 is 0. The Bertz CT molecular complexity index is 597. The minimum absolute atomic E-state index is 0.133. The zero-order valence-corrected chi connectivity index (χ0v) is 10.2. The number of para-hydroxylation sites is 1. The van der Waals surface area contributed by atoms with Gasteiger partial charge in [0.1, 0.15) is 5.69 Å². The fourth-order valence-electron chi connectivity index (χ4n) is 1.63. The molecular weight excluding hydrogens is 242 g/mol. The van der Waals surface area contributed by atoms with Crippen molar-refractivity contribution in [3.05, 3.63) is 59.9 Å². The van der Waals surface area contributed by atoms with Crippen molar-refractivity contribution in [1.82, 2.24) is 4.98 Å². The van der Waals surface area contributed by atoms with E-state index in [1.54, 1.807) is 48.7 Å². The standard InChI is InChI=1S/C14H13N3O2/c15-9-13(18)17-11-6-2-1-5-10(11)14(19)12-7-3-4-8-16-12/h1-8H,9,15H2,(H,17,18). The molecule has 0 radical (unpaired) electrons. The molecule has 0 spiro atoms. The van der Waals surface area contributed by atoms with Crippen LogP contribution in [0, 0.1) is 0 Å². The minimum Gasteiger partial charge on any atom is -0.324 e. The molecule has 1 amide bonds. The summed E-state index contributed by atoms with van der Waals surface area (Å²) in [6.45, 7) is -0.133. The van der Waals surface area contributed by atoms with Crippen molar-refractivity contribution in [2.45, 2.75) is 0 Å². The molecule has 19 heavy (non-hydrogen) atoms. The van der Waals surface area contributed by atoms with E-state index >= 15 is 0 Å². The number of aromatic nitrogens is 1. The van der Waals surface area contributed by atoms with Gasteiger partial charge in [-0.3, -0.25) is 14.6 Å². The third-order valence-electron chi connectivity index (χ3n) is 2.53. The second-order valence-electron chi connectivity index (χ2n) is 3.84. The van der Waals surface area contributed by atoms with Crippen molar-refractivity contribution in [3.8, 4) is 0 Å². The first-order chi connectivity index (χ1) is 9.22. The summed E-state index contributed by atoms with van der Waals surface area (Å²) in [7, 11) is 0. The normalized spacial score (nSPS) is 9.95. The Morgan fingerprint density at radius 2 is 1.84 bits per heavy atom. The van der Waals surface area contributed by atoms with E-state index in [1.807, 2.05) is 0 Å². The molecule has 5 nitrogen and oxygen atoms in total. The van der Waals surface area contributed by atoms with Gasteiger partial charge in [-0.15, -0.1) is 0 Å². The van der Waals surface area contributed by atoms with Crippen LogP contribution in [0.1, 0.15) is 16.1 Å². The van der Waals surface area contributed by atoms with Gasteiger partial charge in [-0.05, 0) is 24.3 Å². The third-order valence-corrected chi connectivity index (χ3v) is 2.53. The van der Waals surface area contributed by atoms with Crippen molar-refractivity contribution in [3.63, 3.8) is 0 Å². The van der Waals surface area contributed by atoms with Crippen LogP contribution >= 0.6 is 0 Å². The molecule has 1 aromatic heterocycles. The van der Waals surface area contributed by atoms with E-state index in [9.17, 15) is 9.59 Å². The first-order valence-corrected chi connectivity index (χ1v) is 5.77. The van der Waals surface area contributed by atoms with Crippen LogP contribution < -0.4 is 11.1 Å². The summed E-state index contributed by atoms with van der Waals surface area (Å²) in [4.78, 5) is 27.6. The number of benzene rings is 1. The lowest BCUT2D eigenvalue weighted by molar-refractivity contribution is -0.114. The minimum atomic E-state index is -0.346. The van der Waals surface area contributed by atoms with Crippen LogP contribution in [0.5, 0.6) is 0 Å². The number of ketones is 1. The van der Waals surface area contributed by atoms with Crippen LogP contribution in [0.4, 0.5) is 5.69 Å². The third kappa shape index (κ3) is 3.02. The second-order valence-corrected chi connectivity index (χ2v) is 3.84. The number of anilines is 1. The van der Waals surface area contributed by atoms with Gasteiger partial charge in [-0.25, -0.2) is 0 Å². The molecule has 1 heterocycles. The Morgan fingerprint density at radius 3 is 2.53 bits per heavy atom. The average molecular weight is 255 g/mol. The Hall–Kier alpha value is -2.53. The highest BCUT2D eigenvalue weighted by atomic mass is 16.2. The van der Waals surface area contributed by atoms with Gasteiger partial charge in [-0.2, -0.15) is 0 Å². The summed E-state index contributed by atoms with van der Waals surface area (Å²) in [6, 6.07) is 11.9. The predicted octanol–water partition coefficient (Wildman–Crippen LogP) is 1.21. The zero-order chi connectivity index (χ0) is 13.7. The number of amides is 1. The first-order valence-electron chi connectivity index (χ1n) is 5.77. The maximum Gasteiger partial charge on any atom is 0.238 e. The number of nitrogens with two attached hydrogens (primary N) is 1. The highest BCUT2D eigenvalue weighted by Gasteiger charge is 2.15. The van der Waals surface area contributed by atoms with E-state index in [1.165, 1.54) is 0 Å². The number of rotatable bonds is 4. The van der Waals surface area contributed by atoms with Gasteiger partial charge in [-0.1, -0.05) is 18.2 Å². The molecule has 2 aromatic rings. The van der Waals surface area contributed by atoms with Crippen LogP contribution in [-0.4, -0.2) is 23.2 Å². The Balaban J connectivity index is 2.35. The molecular formula is C14H13N3O2. The van der Waals surface area contributed by atoms with E-state index < -0.39 is 0 Å². The fraction of sp³-hybridized carbons (Fsp3) is 0.0714. The van der Waals surface area contributed by atoms with E-state index in [0.29, 0.717) is 16.9 Å². The molecule has 0 bridgehead atoms. The molecule has 0 fully saturated rings. The molecule has 96 valence electrons. The van der Waals surface area contributed by atoms with Crippen LogP contribution in [-0.2, 0) is 4.79 Å². The molecule has 3 N–H and O–H groups in total. The lowest BCUT2D eigenvalue weighted by atomic mass is 10.1. The van der Waals surface area contributed by atoms with Gasteiger partial charge in [0.25, 0.3) is 0 Å². The lowest BCUT2D eigenvalue weighted by Gasteiger charge is -2.09. The smallest absolute Gasteiger partial charge is 0.238 e. The summed E-state index contributed by atoms with van der Waals surface area (Å²) in [5, 5.41) is 2.60. The number of carbonyl (C=O) groups is 2. The number of nitrogens with one attached hydrogen (secondary N) is 1. The molecule has 1 aromatic carbocycles. The molecule has 5 heteroatoms. The zero-order valence-electron chi connectivity index (χ0n) is 10.2. The Morgan fingerprint density at radius 1 is 1.11 bits per heavy atom. The molecule has 0 aliphatic carbocycles. The topological polar surface area (TPSA) is 85.1 Å². The first kappa shape index (κ1) is 12.9. The van der Waals surface area contributed by atoms with Crippen molar-refractivity contribution >= 4 is 17.4 Å². The molecule has 0 unspecified atom stereocenters. The molecule has 0 aliphatic rings. The molecule has 0 atom stereocenters. The Kier molecular flexibility index (Phi) is 4.00. The molecule has 0 saturated heterocycles. The van der Waals surface area contributed by atoms with Crippen molar-refractivity contribution in [2.75, 3.05) is 11.9 Å². The number of pyridine rings is 1. The quantitative estimate of drug-likeness (QED) is 0.804. The summed E-state index contributed by atoms with van der Waals surface area (Å²) in [6.07, 6.45) is 1.55. The fourth-order valence-corrected chi connectivity index (χ4v) is 1.63. The highest BCUT2D eigenvalue weighted by Crippen LogP contribution is 2.18. The van der Waals surface area contributed by atoms with Crippen LogP contribution in [0.3, 0.4) is 0 Å². The second kappa shape index (κ2) is 5.88. The summed E-state index contributed by atoms with van der Waals surface area (Å²) in [5.74, 6) is -0.588. The lowest BCUT2D eigenvalue weighted by Crippen LogP contribution is -2.23. The van der Waals surface area contributed by atoms with Crippen molar-refractivity contribution < 1.29 is 9.59 Å². The number of hydrogen-bond donors (Lipinski definition) is 2. The van der Waals surface area contributed by atoms with Crippen molar-refractivity contribution in [1.29, 1.82) is 0 Å². The Labute approximate surface area is 110 Å². The maximum atomic E-state index is 12.3. The number of carbonyl (C=O) groups excluding carboxylic acids is 2. The summed E-state index contributed by atoms with van der Waals surface area (Å²) in [5.41, 5.74) is 6.41. The molecule has 0 saturated carbocycles. The maximum absolute atomic E-state index is 12.3. The van der Waals surface area contributed by atoms with Gasteiger partial charge < -0.3 is 11.1 Å². The number of nitrogens with zero attached hydrogens (tertiary/aromatic N) is 1. The van der Waals surface area contributed by atoms with Crippen molar-refractivity contribution in [2.24, 2.45) is 5.73 Å². The molecule has 2 rings (SSSR count). The van der Waals surface area contributed by atoms with E-state index in [4.69, 9.17) is 5.73 Å². The number of hydrogen-bond acceptors (Lipinski definition) is 4. The van der Waals surface area contributed by atoms with Gasteiger partial charge in [0.2, 0.25) is 11.7 Å². The van der Waals surface area contributed by atoms with E-state index in [0.717, 1.165) is 0 Å². The van der Waals surface area contributed by atoms with Crippen LogP contribution in [0.25, 0.3) is 0 Å². The van der Waals surface area contributed by atoms with Gasteiger partial charge >= 0.3 is 0 Å². The van der Waals surface area contributed by atoms with Gasteiger partial charge in [0.05, 0.1) is 12.2 Å². The average Bonchev–Trinajstić information content (AvgIpc) is 2.48. The van der Waals surface area contributed by atoms with E-state index in [-0.39, 0.29) is 18.2 Å². The monoisotopic (exact) mass is 255 g/mol. The summed E-state index contributed by atoms with van der Waals surface area (Å²) >= 11 is 0. The predicted molar refractivity (Wildman–Crippen MR) is 71.8 cm³/mol. The molecule has 0 aliphatic heterocycles. The highest BCUT2D eigenvalue weighted by molar-refractivity contribution is 6.12. The van der Waals surface area contributed by atoms with Crippen LogP contribution in [0.2, 0.25) is 0 Å². The SMILES string of the molecule is NCC(=O)Nc1ccccc1C(=O)c1ccccn1. The van der Waals surface area contributed by atoms with Gasteiger partial charge in [0, 0.05) is 11.8 Å². The van der Waals surface area contributed by atoms with Gasteiger partial charge in [0.15, 0.2) is 0 Å². The van der Waals surface area contributed by atoms with Crippen LogP contribution in [0.15, 0.2) is 48.7 Å². The van der Waals surface area contributed by atoms with E-state index in [2.05, 4.69) is 10.3 Å². The largest absolute Gasteiger partial charge is 0.324 e.